The predicted octanol–water partition coefficient (Wildman–Crippen LogP) is 0.142. The summed E-state index contributed by atoms with van der Waals surface area (Å²) in [6.45, 7) is 0. The van der Waals surface area contributed by atoms with Gasteiger partial charge in [0.05, 0.1) is 5.92 Å². The maximum Gasteiger partial charge on any atom is 0.307 e. The number of aliphatic carboxylic acids is 1. The molecule has 1 aliphatic heterocycles. The summed E-state index contributed by atoms with van der Waals surface area (Å²) in [4.78, 5) is 10.2. The second kappa shape index (κ2) is 2.58. The Kier molecular flexibility index (Phi) is 1.97. The van der Waals surface area contributed by atoms with Crippen LogP contribution < -0.4 is 0 Å². The topological polar surface area (TPSA) is 57.5 Å². The standard InChI is InChI=1S/C5H8O3S/c6-4-1-3(2-9-4)5(7)8/h3-4,6H,1-2H2,(H,7,8). The van der Waals surface area contributed by atoms with Crippen molar-refractivity contribution >= 4 is 17.7 Å². The number of carbonyl (C=O) groups is 1. The summed E-state index contributed by atoms with van der Waals surface area (Å²) in [5.41, 5.74) is -0.453. The lowest BCUT2D eigenvalue weighted by Crippen LogP contribution is -2.12. The Balaban J connectivity index is 2.39. The summed E-state index contributed by atoms with van der Waals surface area (Å²) in [5, 5.41) is 17.3. The molecule has 0 aromatic heterocycles. The van der Waals surface area contributed by atoms with Crippen LogP contribution in [-0.4, -0.2) is 27.4 Å². The number of hydrogen-bond acceptors (Lipinski definition) is 3. The molecule has 1 heterocycles. The van der Waals surface area contributed by atoms with Gasteiger partial charge in [-0.1, -0.05) is 0 Å². The molecular formula is C5H8O3S. The Morgan fingerprint density at radius 2 is 2.33 bits per heavy atom. The zero-order chi connectivity index (χ0) is 6.85. The normalized spacial score (nSPS) is 34.8. The largest absolute Gasteiger partial charge is 0.481 e. The Morgan fingerprint density at radius 3 is 2.56 bits per heavy atom. The third-order valence-corrected chi connectivity index (χ3v) is 2.50. The number of carboxylic acid groups (broad SMARTS) is 1. The molecule has 0 amide bonds. The van der Waals surface area contributed by atoms with Crippen LogP contribution in [0.25, 0.3) is 0 Å². The van der Waals surface area contributed by atoms with E-state index >= 15 is 0 Å². The first-order chi connectivity index (χ1) is 4.20. The van der Waals surface area contributed by atoms with Gasteiger partial charge < -0.3 is 10.2 Å². The van der Waals surface area contributed by atoms with Crippen LogP contribution in [0.3, 0.4) is 0 Å². The molecule has 0 spiro atoms. The molecular weight excluding hydrogens is 140 g/mol. The molecule has 52 valence electrons. The second-order valence-corrected chi connectivity index (χ2v) is 3.27. The summed E-state index contributed by atoms with van der Waals surface area (Å²) >= 11 is 1.31. The Labute approximate surface area is 57.1 Å². The summed E-state index contributed by atoms with van der Waals surface area (Å²) < 4.78 is 0. The maximum atomic E-state index is 10.2. The minimum Gasteiger partial charge on any atom is -0.481 e. The summed E-state index contributed by atoms with van der Waals surface area (Å²) in [5.74, 6) is -0.569. The molecule has 0 radical (unpaired) electrons. The molecule has 1 saturated heterocycles. The van der Waals surface area contributed by atoms with E-state index in [1.54, 1.807) is 0 Å². The number of thioether (sulfide) groups is 1. The first kappa shape index (κ1) is 6.89. The van der Waals surface area contributed by atoms with Gasteiger partial charge in [0.2, 0.25) is 0 Å². The van der Waals surface area contributed by atoms with Gasteiger partial charge in [0.1, 0.15) is 5.44 Å². The lowest BCUT2D eigenvalue weighted by atomic mass is 10.1. The molecule has 0 saturated carbocycles. The lowest BCUT2D eigenvalue weighted by molar-refractivity contribution is -0.141. The van der Waals surface area contributed by atoms with Crippen molar-refractivity contribution < 1.29 is 15.0 Å². The summed E-state index contributed by atoms with van der Waals surface area (Å²) in [6, 6.07) is 0. The van der Waals surface area contributed by atoms with Gasteiger partial charge >= 0.3 is 5.97 Å². The van der Waals surface area contributed by atoms with Gasteiger partial charge in [0, 0.05) is 5.75 Å². The van der Waals surface area contributed by atoms with E-state index < -0.39 is 11.4 Å². The van der Waals surface area contributed by atoms with Crippen LogP contribution in [0, 0.1) is 5.92 Å². The highest BCUT2D eigenvalue weighted by atomic mass is 32.2. The van der Waals surface area contributed by atoms with Crippen LogP contribution in [0.5, 0.6) is 0 Å². The van der Waals surface area contributed by atoms with Crippen LogP contribution >= 0.6 is 11.8 Å². The van der Waals surface area contributed by atoms with Crippen molar-refractivity contribution in [1.82, 2.24) is 0 Å². The fourth-order valence-corrected chi connectivity index (χ4v) is 1.88. The van der Waals surface area contributed by atoms with Crippen molar-refractivity contribution in [3.05, 3.63) is 0 Å². The molecule has 0 aromatic carbocycles. The number of aliphatic hydroxyl groups is 1. The minimum atomic E-state index is -0.793. The van der Waals surface area contributed by atoms with Crippen molar-refractivity contribution in [1.29, 1.82) is 0 Å². The van der Waals surface area contributed by atoms with Gasteiger partial charge in [0.15, 0.2) is 0 Å². The van der Waals surface area contributed by atoms with E-state index in [0.717, 1.165) is 0 Å². The smallest absolute Gasteiger partial charge is 0.307 e. The van der Waals surface area contributed by atoms with Crippen LogP contribution in [0.4, 0.5) is 0 Å². The van der Waals surface area contributed by atoms with E-state index in [9.17, 15) is 4.79 Å². The Hall–Kier alpha value is -0.220. The third-order valence-electron chi connectivity index (χ3n) is 1.33. The van der Waals surface area contributed by atoms with Gasteiger partial charge in [-0.25, -0.2) is 0 Å². The average Bonchev–Trinajstić information content (AvgIpc) is 2.14. The van der Waals surface area contributed by atoms with Gasteiger partial charge in [-0.05, 0) is 6.42 Å². The van der Waals surface area contributed by atoms with Crippen molar-refractivity contribution in [2.45, 2.75) is 11.9 Å². The quantitative estimate of drug-likeness (QED) is 0.555. The third kappa shape index (κ3) is 1.59. The number of carboxylic acids is 1. The number of rotatable bonds is 1. The van der Waals surface area contributed by atoms with Crippen molar-refractivity contribution in [3.63, 3.8) is 0 Å². The van der Waals surface area contributed by atoms with Crippen molar-refractivity contribution in [3.8, 4) is 0 Å². The zero-order valence-corrected chi connectivity index (χ0v) is 5.60. The minimum absolute atomic E-state index is 0.329. The van der Waals surface area contributed by atoms with E-state index in [2.05, 4.69) is 0 Å². The van der Waals surface area contributed by atoms with Crippen molar-refractivity contribution in [2.24, 2.45) is 5.92 Å². The van der Waals surface area contributed by atoms with Crippen LogP contribution in [0.2, 0.25) is 0 Å². The first-order valence-corrected chi connectivity index (χ1v) is 3.77. The number of hydrogen-bond donors (Lipinski definition) is 2. The van der Waals surface area contributed by atoms with Gasteiger partial charge in [-0.2, -0.15) is 0 Å². The summed E-state index contributed by atoms with van der Waals surface area (Å²) in [6.07, 6.45) is 0.403. The fourth-order valence-electron chi connectivity index (χ4n) is 0.779. The average molecular weight is 148 g/mol. The van der Waals surface area contributed by atoms with Gasteiger partial charge in [-0.15, -0.1) is 11.8 Å². The molecule has 0 aromatic rings. The lowest BCUT2D eigenvalue weighted by Gasteiger charge is -1.97. The van der Waals surface area contributed by atoms with E-state index in [4.69, 9.17) is 10.2 Å². The van der Waals surface area contributed by atoms with Crippen LogP contribution in [0.1, 0.15) is 6.42 Å². The fraction of sp³-hybridized carbons (Fsp3) is 0.800. The molecule has 9 heavy (non-hydrogen) atoms. The molecule has 1 fully saturated rings. The SMILES string of the molecule is O=C(O)C1CSC(O)C1. The number of aliphatic hydroxyl groups excluding tert-OH is 1. The van der Waals surface area contributed by atoms with Crippen molar-refractivity contribution in [2.75, 3.05) is 5.75 Å². The van der Waals surface area contributed by atoms with E-state index in [-0.39, 0.29) is 5.92 Å². The highest BCUT2D eigenvalue weighted by Gasteiger charge is 2.28. The van der Waals surface area contributed by atoms with E-state index in [0.29, 0.717) is 12.2 Å². The highest BCUT2D eigenvalue weighted by molar-refractivity contribution is 8.00. The molecule has 0 bridgehead atoms. The molecule has 2 N–H and O–H groups in total. The second-order valence-electron chi connectivity index (χ2n) is 2.06. The predicted molar refractivity (Wildman–Crippen MR) is 34.2 cm³/mol. The van der Waals surface area contributed by atoms with Crippen LogP contribution in [-0.2, 0) is 4.79 Å². The molecule has 4 heteroatoms. The monoisotopic (exact) mass is 148 g/mol. The zero-order valence-electron chi connectivity index (χ0n) is 4.78. The molecule has 2 atom stereocenters. The van der Waals surface area contributed by atoms with Crippen LogP contribution in [0.15, 0.2) is 0 Å². The molecule has 0 aliphatic carbocycles. The molecule has 1 aliphatic rings. The summed E-state index contributed by atoms with van der Waals surface area (Å²) in [7, 11) is 0. The van der Waals surface area contributed by atoms with Gasteiger partial charge in [-0.3, -0.25) is 4.79 Å². The maximum absolute atomic E-state index is 10.2. The Morgan fingerprint density at radius 1 is 1.67 bits per heavy atom. The first-order valence-electron chi connectivity index (χ1n) is 2.72. The molecule has 2 unspecified atom stereocenters. The molecule has 1 rings (SSSR count). The molecule has 3 nitrogen and oxygen atoms in total. The van der Waals surface area contributed by atoms with Gasteiger partial charge in [0.25, 0.3) is 0 Å². The van der Waals surface area contributed by atoms with E-state index in [1.165, 1.54) is 11.8 Å². The van der Waals surface area contributed by atoms with E-state index in [1.807, 2.05) is 0 Å². The highest BCUT2D eigenvalue weighted by Crippen LogP contribution is 2.29. The Bertz CT molecular complexity index is 125.